The molecule has 48 valence electrons. The fraction of sp³-hybridized carbons (Fsp3) is 0.600. The predicted molar refractivity (Wildman–Crippen MR) is 35.0 cm³/mol. The van der Waals surface area contributed by atoms with Crippen molar-refractivity contribution in [1.82, 2.24) is 0 Å². The van der Waals surface area contributed by atoms with Crippen LogP contribution in [0.5, 0.6) is 0 Å². The van der Waals surface area contributed by atoms with Gasteiger partial charge in [-0.3, -0.25) is 0 Å². The van der Waals surface area contributed by atoms with Gasteiger partial charge in [-0.1, -0.05) is 11.6 Å². The second-order valence-electron chi connectivity index (χ2n) is 1.32. The molecule has 0 fully saturated rings. The van der Waals surface area contributed by atoms with Crippen LogP contribution in [0.1, 0.15) is 12.8 Å². The van der Waals surface area contributed by atoms with E-state index in [2.05, 4.69) is 0 Å². The predicted octanol–water partition coefficient (Wildman–Crippen LogP) is 3.06. The Morgan fingerprint density at radius 3 is 2.62 bits per heavy atom. The summed E-state index contributed by atoms with van der Waals surface area (Å²) in [7, 11) is 0. The first-order valence-electron chi connectivity index (χ1n) is 2.34. The van der Waals surface area contributed by atoms with Gasteiger partial charge in [-0.25, -0.2) is 0 Å². The van der Waals surface area contributed by atoms with Gasteiger partial charge >= 0.3 is 0 Å². The van der Waals surface area contributed by atoms with Crippen molar-refractivity contribution in [3.8, 4) is 0 Å². The van der Waals surface area contributed by atoms with E-state index >= 15 is 0 Å². The van der Waals surface area contributed by atoms with Gasteiger partial charge in [0.25, 0.3) is 0 Å². The molecule has 3 heteroatoms. The topological polar surface area (TPSA) is 0 Å². The first-order chi connectivity index (χ1) is 3.77. The highest BCUT2D eigenvalue weighted by molar-refractivity contribution is 6.28. The standard InChI is InChI=1S/C5H7Cl2F/c6-4-2-1-3-5(7)8/h3H,1-2,4H2. The van der Waals surface area contributed by atoms with E-state index in [1.807, 2.05) is 0 Å². The van der Waals surface area contributed by atoms with Crippen LogP contribution < -0.4 is 0 Å². The Kier molecular flexibility index (Phi) is 5.56. The summed E-state index contributed by atoms with van der Waals surface area (Å²) in [5.41, 5.74) is 0. The minimum Gasteiger partial charge on any atom is -0.194 e. The largest absolute Gasteiger partial charge is 0.194 e. The molecule has 0 N–H and O–H groups in total. The van der Waals surface area contributed by atoms with Gasteiger partial charge in [-0.2, -0.15) is 4.39 Å². The first kappa shape index (κ1) is 8.25. The van der Waals surface area contributed by atoms with Crippen LogP contribution >= 0.6 is 23.2 Å². The molecule has 0 bridgehead atoms. The zero-order valence-electron chi connectivity index (χ0n) is 4.33. The Bertz CT molecular complexity index is 76.5. The molecule has 0 atom stereocenters. The Balaban J connectivity index is 3.03. The number of rotatable bonds is 3. The van der Waals surface area contributed by atoms with E-state index in [0.717, 1.165) is 6.42 Å². The van der Waals surface area contributed by atoms with Gasteiger partial charge in [0.2, 0.25) is 0 Å². The summed E-state index contributed by atoms with van der Waals surface area (Å²) in [6, 6.07) is 0. The molecule has 0 saturated heterocycles. The van der Waals surface area contributed by atoms with Crippen molar-refractivity contribution in [2.45, 2.75) is 12.8 Å². The lowest BCUT2D eigenvalue weighted by Crippen LogP contribution is -1.70. The van der Waals surface area contributed by atoms with E-state index in [1.165, 1.54) is 6.08 Å². The number of unbranched alkanes of at least 4 members (excludes halogenated alkanes) is 1. The fourth-order valence-corrected chi connectivity index (χ4v) is 0.552. The van der Waals surface area contributed by atoms with Crippen LogP contribution in [-0.4, -0.2) is 5.88 Å². The van der Waals surface area contributed by atoms with Crippen LogP contribution in [0.15, 0.2) is 11.4 Å². The zero-order valence-corrected chi connectivity index (χ0v) is 5.84. The molecule has 0 aromatic heterocycles. The zero-order chi connectivity index (χ0) is 6.41. The highest BCUT2D eigenvalue weighted by Crippen LogP contribution is 2.04. The Morgan fingerprint density at radius 1 is 1.62 bits per heavy atom. The van der Waals surface area contributed by atoms with Gasteiger partial charge in [0.1, 0.15) is 0 Å². The summed E-state index contributed by atoms with van der Waals surface area (Å²) in [4.78, 5) is 0. The van der Waals surface area contributed by atoms with Crippen molar-refractivity contribution in [2.75, 3.05) is 5.88 Å². The molecule has 0 aliphatic carbocycles. The van der Waals surface area contributed by atoms with Crippen LogP contribution in [0.3, 0.4) is 0 Å². The van der Waals surface area contributed by atoms with Crippen LogP contribution in [0.25, 0.3) is 0 Å². The van der Waals surface area contributed by atoms with Crippen LogP contribution in [0, 0.1) is 0 Å². The van der Waals surface area contributed by atoms with Gasteiger partial charge in [0.05, 0.1) is 0 Å². The lowest BCUT2D eigenvalue weighted by molar-refractivity contribution is 0.686. The van der Waals surface area contributed by atoms with E-state index in [9.17, 15) is 4.39 Å². The normalized spacial score (nSPS) is 12.1. The maximum absolute atomic E-state index is 11.6. The van der Waals surface area contributed by atoms with Gasteiger partial charge in [0.15, 0.2) is 5.29 Å². The van der Waals surface area contributed by atoms with E-state index in [4.69, 9.17) is 23.2 Å². The van der Waals surface area contributed by atoms with Crippen LogP contribution in [0.4, 0.5) is 4.39 Å². The molecule has 0 amide bonds. The Morgan fingerprint density at radius 2 is 2.25 bits per heavy atom. The highest BCUT2D eigenvalue weighted by Gasteiger charge is 1.83. The third-order valence-electron chi connectivity index (χ3n) is 0.636. The molecule has 8 heavy (non-hydrogen) atoms. The summed E-state index contributed by atoms with van der Waals surface area (Å²) in [5.74, 6) is 0.556. The Labute approximate surface area is 58.3 Å². The number of hydrogen-bond acceptors (Lipinski definition) is 0. The molecule has 0 aliphatic rings. The number of halogens is 3. The number of allylic oxidation sites excluding steroid dienone is 1. The molecule has 0 aromatic rings. The lowest BCUT2D eigenvalue weighted by Gasteiger charge is -1.84. The molecule has 0 aromatic carbocycles. The van der Waals surface area contributed by atoms with Crippen molar-refractivity contribution >= 4 is 23.2 Å². The van der Waals surface area contributed by atoms with E-state index in [0.29, 0.717) is 12.3 Å². The maximum Gasteiger partial charge on any atom is 0.185 e. The molecule has 0 unspecified atom stereocenters. The minimum atomic E-state index is -0.643. The van der Waals surface area contributed by atoms with Crippen molar-refractivity contribution < 1.29 is 4.39 Å². The molecule has 0 aliphatic heterocycles. The second-order valence-corrected chi connectivity index (χ2v) is 2.06. The number of hydrogen-bond donors (Lipinski definition) is 0. The van der Waals surface area contributed by atoms with Crippen molar-refractivity contribution in [3.63, 3.8) is 0 Å². The summed E-state index contributed by atoms with van der Waals surface area (Å²) in [6.45, 7) is 0. The first-order valence-corrected chi connectivity index (χ1v) is 3.25. The fourth-order valence-electron chi connectivity index (χ4n) is 0.288. The molecule has 0 saturated carbocycles. The quantitative estimate of drug-likeness (QED) is 0.436. The van der Waals surface area contributed by atoms with Gasteiger partial charge in [-0.05, 0) is 18.9 Å². The van der Waals surface area contributed by atoms with E-state index < -0.39 is 5.29 Å². The monoisotopic (exact) mass is 156 g/mol. The van der Waals surface area contributed by atoms with Gasteiger partial charge < -0.3 is 0 Å². The SMILES string of the molecule is FC(Cl)=CCCCCl. The average Bonchev–Trinajstić information content (AvgIpc) is 1.66. The smallest absolute Gasteiger partial charge is 0.185 e. The van der Waals surface area contributed by atoms with Crippen molar-refractivity contribution in [1.29, 1.82) is 0 Å². The van der Waals surface area contributed by atoms with Crippen molar-refractivity contribution in [2.24, 2.45) is 0 Å². The molecule has 0 radical (unpaired) electrons. The van der Waals surface area contributed by atoms with E-state index in [-0.39, 0.29) is 0 Å². The molecular weight excluding hydrogens is 150 g/mol. The highest BCUT2D eigenvalue weighted by atomic mass is 35.5. The minimum absolute atomic E-state index is 0.556. The summed E-state index contributed by atoms with van der Waals surface area (Å²) in [6.07, 6.45) is 2.71. The van der Waals surface area contributed by atoms with Gasteiger partial charge in [0, 0.05) is 5.88 Å². The van der Waals surface area contributed by atoms with Gasteiger partial charge in [-0.15, -0.1) is 11.6 Å². The molecule has 0 spiro atoms. The summed E-state index contributed by atoms with van der Waals surface area (Å²) < 4.78 is 11.6. The Hall–Kier alpha value is 0.250. The third-order valence-corrected chi connectivity index (χ3v) is 1.06. The second kappa shape index (κ2) is 5.39. The maximum atomic E-state index is 11.6. The summed E-state index contributed by atoms with van der Waals surface area (Å²) >= 11 is 10.2. The molecule has 0 heterocycles. The average molecular weight is 157 g/mol. The lowest BCUT2D eigenvalue weighted by atomic mass is 10.3. The number of alkyl halides is 1. The summed E-state index contributed by atoms with van der Waals surface area (Å²) in [5, 5.41) is -0.643. The molecule has 0 rings (SSSR count). The van der Waals surface area contributed by atoms with Crippen LogP contribution in [0.2, 0.25) is 0 Å². The van der Waals surface area contributed by atoms with Crippen molar-refractivity contribution in [3.05, 3.63) is 11.4 Å². The molecule has 0 nitrogen and oxygen atoms in total. The van der Waals surface area contributed by atoms with Crippen LogP contribution in [-0.2, 0) is 0 Å². The van der Waals surface area contributed by atoms with E-state index in [1.54, 1.807) is 0 Å². The molecular formula is C5H7Cl2F. The third kappa shape index (κ3) is 6.25.